The molecule has 0 bridgehead atoms. The zero-order chi connectivity index (χ0) is 20.4. The van der Waals surface area contributed by atoms with Gasteiger partial charge in [0.05, 0.1) is 23.6 Å². The molecular formula is C22H18Cl2N4O. The van der Waals surface area contributed by atoms with Gasteiger partial charge in [0.25, 0.3) is 5.91 Å². The van der Waals surface area contributed by atoms with Gasteiger partial charge in [-0.2, -0.15) is 0 Å². The first-order valence-corrected chi connectivity index (χ1v) is 9.90. The van der Waals surface area contributed by atoms with Gasteiger partial charge in [0.1, 0.15) is 11.5 Å². The van der Waals surface area contributed by atoms with Crippen molar-refractivity contribution in [2.45, 2.75) is 19.5 Å². The smallest absolute Gasteiger partial charge is 0.270 e. The van der Waals surface area contributed by atoms with Gasteiger partial charge >= 0.3 is 0 Å². The summed E-state index contributed by atoms with van der Waals surface area (Å²) in [5.41, 5.74) is 2.95. The normalized spacial score (nSPS) is 12.1. The lowest BCUT2D eigenvalue weighted by Gasteiger charge is -2.17. The quantitative estimate of drug-likeness (QED) is 0.474. The van der Waals surface area contributed by atoms with Gasteiger partial charge in [-0.3, -0.25) is 9.78 Å². The first-order valence-electron chi connectivity index (χ1n) is 9.14. The Morgan fingerprint density at radius 1 is 1.03 bits per heavy atom. The number of carbonyl (C=O) groups is 1. The van der Waals surface area contributed by atoms with E-state index in [9.17, 15) is 4.79 Å². The third-order valence-corrected chi connectivity index (χ3v) is 5.40. The Labute approximate surface area is 178 Å². The largest absolute Gasteiger partial charge is 0.341 e. The molecule has 2 aromatic carbocycles. The van der Waals surface area contributed by atoms with Crippen molar-refractivity contribution in [1.82, 2.24) is 19.9 Å². The van der Waals surface area contributed by atoms with Crippen LogP contribution in [0.4, 0.5) is 0 Å². The number of para-hydroxylation sites is 2. The minimum atomic E-state index is -0.349. The molecule has 2 aromatic heterocycles. The number of carbonyl (C=O) groups excluding carboxylic acids is 1. The lowest BCUT2D eigenvalue weighted by Crippen LogP contribution is -2.29. The summed E-state index contributed by atoms with van der Waals surface area (Å²) < 4.78 is 2.03. The number of hydrogen-bond acceptors (Lipinski definition) is 3. The molecule has 1 N–H and O–H groups in total. The van der Waals surface area contributed by atoms with Crippen molar-refractivity contribution in [3.05, 3.63) is 94.0 Å². The van der Waals surface area contributed by atoms with E-state index in [2.05, 4.69) is 10.3 Å². The van der Waals surface area contributed by atoms with E-state index >= 15 is 0 Å². The van der Waals surface area contributed by atoms with Gasteiger partial charge in [-0.15, -0.1) is 0 Å². The predicted octanol–water partition coefficient (Wildman–Crippen LogP) is 5.28. The van der Waals surface area contributed by atoms with Crippen molar-refractivity contribution in [3.63, 3.8) is 0 Å². The van der Waals surface area contributed by atoms with E-state index in [0.29, 0.717) is 28.1 Å². The fourth-order valence-electron chi connectivity index (χ4n) is 3.26. The highest BCUT2D eigenvalue weighted by Crippen LogP contribution is 2.29. The zero-order valence-electron chi connectivity index (χ0n) is 15.6. The fourth-order valence-corrected chi connectivity index (χ4v) is 3.78. The first-order chi connectivity index (χ1) is 14.0. The standard InChI is InChI=1S/C22H18Cl2N4O/c1-14(26-22(29)19-10-4-5-12-25-19)21-27-18-9-2-3-11-20(18)28(21)13-15-16(23)7-6-8-17(15)24/h2-12,14H,13H2,1H3,(H,26,29). The van der Waals surface area contributed by atoms with E-state index in [-0.39, 0.29) is 11.9 Å². The topological polar surface area (TPSA) is 59.8 Å². The number of nitrogens with one attached hydrogen (secondary N) is 1. The van der Waals surface area contributed by atoms with Gasteiger partial charge in [-0.05, 0) is 43.3 Å². The van der Waals surface area contributed by atoms with Gasteiger partial charge in [-0.25, -0.2) is 4.98 Å². The van der Waals surface area contributed by atoms with Crippen LogP contribution in [0.25, 0.3) is 11.0 Å². The Morgan fingerprint density at radius 2 is 1.76 bits per heavy atom. The summed E-state index contributed by atoms with van der Waals surface area (Å²) in [6.07, 6.45) is 1.59. The number of benzene rings is 2. The first kappa shape index (κ1) is 19.4. The molecule has 0 fully saturated rings. The summed E-state index contributed by atoms with van der Waals surface area (Å²) in [7, 11) is 0. The maximum Gasteiger partial charge on any atom is 0.270 e. The van der Waals surface area contributed by atoms with E-state index in [0.717, 1.165) is 16.6 Å². The van der Waals surface area contributed by atoms with Crippen molar-refractivity contribution < 1.29 is 4.79 Å². The Kier molecular flexibility index (Phi) is 5.51. The number of pyridine rings is 1. The molecular weight excluding hydrogens is 407 g/mol. The summed E-state index contributed by atoms with van der Waals surface area (Å²) in [6, 6.07) is 18.1. The van der Waals surface area contributed by atoms with E-state index in [1.165, 1.54) is 0 Å². The second-order valence-corrected chi connectivity index (χ2v) is 7.47. The molecule has 1 unspecified atom stereocenters. The summed E-state index contributed by atoms with van der Waals surface area (Å²) >= 11 is 12.8. The van der Waals surface area contributed by atoms with E-state index < -0.39 is 0 Å². The Morgan fingerprint density at radius 3 is 2.48 bits per heavy atom. The second kappa shape index (κ2) is 8.23. The average molecular weight is 425 g/mol. The molecule has 7 heteroatoms. The minimum absolute atomic E-state index is 0.257. The Bertz CT molecular complexity index is 1150. The average Bonchev–Trinajstić information content (AvgIpc) is 3.10. The number of halogens is 2. The predicted molar refractivity (Wildman–Crippen MR) is 115 cm³/mol. The highest BCUT2D eigenvalue weighted by atomic mass is 35.5. The highest BCUT2D eigenvalue weighted by molar-refractivity contribution is 6.36. The van der Waals surface area contributed by atoms with E-state index in [1.54, 1.807) is 24.4 Å². The van der Waals surface area contributed by atoms with Crippen LogP contribution >= 0.6 is 23.2 Å². The van der Waals surface area contributed by atoms with Crippen molar-refractivity contribution >= 4 is 40.1 Å². The lowest BCUT2D eigenvalue weighted by atomic mass is 10.2. The molecule has 0 radical (unpaired) electrons. The van der Waals surface area contributed by atoms with E-state index in [4.69, 9.17) is 28.2 Å². The number of nitrogens with zero attached hydrogens (tertiary/aromatic N) is 3. The molecule has 4 rings (SSSR count). The molecule has 0 saturated heterocycles. The van der Waals surface area contributed by atoms with Crippen molar-refractivity contribution in [3.8, 4) is 0 Å². The molecule has 29 heavy (non-hydrogen) atoms. The van der Waals surface area contributed by atoms with Crippen LogP contribution in [0.15, 0.2) is 66.9 Å². The van der Waals surface area contributed by atoms with Crippen LogP contribution in [0.1, 0.15) is 34.8 Å². The zero-order valence-corrected chi connectivity index (χ0v) is 17.2. The van der Waals surface area contributed by atoms with Crippen LogP contribution < -0.4 is 5.32 Å². The third-order valence-electron chi connectivity index (χ3n) is 4.69. The molecule has 146 valence electrons. The molecule has 2 heterocycles. The molecule has 0 aliphatic rings. The summed E-state index contributed by atoms with van der Waals surface area (Å²) in [6.45, 7) is 2.34. The summed E-state index contributed by atoms with van der Waals surface area (Å²) in [4.78, 5) is 21.4. The number of fused-ring (bicyclic) bond motifs is 1. The lowest BCUT2D eigenvalue weighted by molar-refractivity contribution is 0.0932. The van der Waals surface area contributed by atoms with Crippen LogP contribution in [0.2, 0.25) is 10.0 Å². The third kappa shape index (κ3) is 3.97. The van der Waals surface area contributed by atoms with Crippen molar-refractivity contribution in [2.75, 3.05) is 0 Å². The van der Waals surface area contributed by atoms with E-state index in [1.807, 2.05) is 54.0 Å². The summed E-state index contributed by atoms with van der Waals surface area (Å²) in [5.74, 6) is 0.457. The van der Waals surface area contributed by atoms with Crippen molar-refractivity contribution in [2.24, 2.45) is 0 Å². The number of rotatable bonds is 5. The molecule has 5 nitrogen and oxygen atoms in total. The van der Waals surface area contributed by atoms with Crippen LogP contribution in [-0.2, 0) is 6.54 Å². The molecule has 1 atom stereocenters. The Hall–Kier alpha value is -2.89. The molecule has 0 aliphatic heterocycles. The van der Waals surface area contributed by atoms with Gasteiger partial charge < -0.3 is 9.88 Å². The maximum absolute atomic E-state index is 12.6. The Balaban J connectivity index is 1.72. The molecule has 0 saturated carbocycles. The minimum Gasteiger partial charge on any atom is -0.341 e. The van der Waals surface area contributed by atoms with Gasteiger partial charge in [0.2, 0.25) is 0 Å². The van der Waals surface area contributed by atoms with Crippen LogP contribution in [0.5, 0.6) is 0 Å². The van der Waals surface area contributed by atoms with Gasteiger partial charge in [0.15, 0.2) is 0 Å². The maximum atomic E-state index is 12.6. The molecule has 4 aromatic rings. The molecule has 1 amide bonds. The SMILES string of the molecule is CC(NC(=O)c1ccccn1)c1nc2ccccc2n1Cc1c(Cl)cccc1Cl. The number of aromatic nitrogens is 3. The monoisotopic (exact) mass is 424 g/mol. The molecule has 0 aliphatic carbocycles. The molecule has 0 spiro atoms. The van der Waals surface area contributed by atoms with Crippen molar-refractivity contribution in [1.29, 1.82) is 0 Å². The highest BCUT2D eigenvalue weighted by Gasteiger charge is 2.20. The number of hydrogen-bond donors (Lipinski definition) is 1. The number of imidazole rings is 1. The van der Waals surface area contributed by atoms with Gasteiger partial charge in [0, 0.05) is 21.8 Å². The number of amides is 1. The fraction of sp³-hybridized carbons (Fsp3) is 0.136. The van der Waals surface area contributed by atoms with Crippen LogP contribution in [-0.4, -0.2) is 20.4 Å². The van der Waals surface area contributed by atoms with Crippen LogP contribution in [0, 0.1) is 0 Å². The second-order valence-electron chi connectivity index (χ2n) is 6.66. The van der Waals surface area contributed by atoms with Crippen LogP contribution in [0.3, 0.4) is 0 Å². The van der Waals surface area contributed by atoms with Gasteiger partial charge in [-0.1, -0.05) is 47.5 Å². The summed E-state index contributed by atoms with van der Waals surface area (Å²) in [5, 5.41) is 4.16.